The van der Waals surface area contributed by atoms with Crippen molar-refractivity contribution in [3.63, 3.8) is 0 Å². The van der Waals surface area contributed by atoms with Gasteiger partial charge in [-0.2, -0.15) is 0 Å². The molecule has 0 bridgehead atoms. The number of carbonyl (C=O) groups excluding carboxylic acids is 1. The molecule has 0 heterocycles. The lowest BCUT2D eigenvalue weighted by Gasteiger charge is -2.00. The van der Waals surface area contributed by atoms with Gasteiger partial charge in [-0.15, -0.1) is 0 Å². The molecule has 0 radical (unpaired) electrons. The van der Waals surface area contributed by atoms with E-state index in [0.29, 0.717) is 12.1 Å². The van der Waals surface area contributed by atoms with Gasteiger partial charge in [-0.05, 0) is 17.7 Å². The van der Waals surface area contributed by atoms with Crippen molar-refractivity contribution in [3.8, 4) is 0 Å². The number of ether oxygens (including phenoxy) is 1. The second kappa shape index (κ2) is 11.7. The van der Waals surface area contributed by atoms with Crippen LogP contribution in [-0.2, 0) is 11.3 Å². The van der Waals surface area contributed by atoms with Crippen LogP contribution in [0, 0.1) is 0 Å². The molecule has 0 aliphatic carbocycles. The number of carbonyl (C=O) groups is 1. The third-order valence-corrected chi connectivity index (χ3v) is 1.58. The highest BCUT2D eigenvalue weighted by Crippen LogP contribution is 2.05. The number of hydrogen-bond donors (Lipinski definition) is 1. The van der Waals surface area contributed by atoms with E-state index in [1.54, 1.807) is 18.2 Å². The van der Waals surface area contributed by atoms with Gasteiger partial charge in [-0.25, -0.2) is 4.79 Å². The van der Waals surface area contributed by atoms with Crippen molar-refractivity contribution >= 4 is 5.97 Å². The van der Waals surface area contributed by atoms with Crippen molar-refractivity contribution < 1.29 is 9.53 Å². The molecule has 0 atom stereocenters. The Morgan fingerprint density at radius 1 is 1.25 bits per heavy atom. The molecular weight excluding hydrogens is 202 g/mol. The first kappa shape index (κ1) is 17.1. The maximum atomic E-state index is 11.0. The Kier molecular flexibility index (Phi) is 12.5. The molecule has 0 fully saturated rings. The second-order valence-electron chi connectivity index (χ2n) is 2.40. The number of esters is 1. The van der Waals surface area contributed by atoms with Gasteiger partial charge in [0, 0.05) is 6.54 Å². The Morgan fingerprint density at radius 3 is 2.25 bits per heavy atom. The molecule has 0 aliphatic heterocycles. The lowest BCUT2D eigenvalue weighted by atomic mass is 10.1. The van der Waals surface area contributed by atoms with Crippen LogP contribution in [0.2, 0.25) is 0 Å². The summed E-state index contributed by atoms with van der Waals surface area (Å²) in [6.07, 6.45) is 0. The van der Waals surface area contributed by atoms with E-state index in [9.17, 15) is 4.79 Å². The van der Waals surface area contributed by atoms with E-state index in [4.69, 9.17) is 5.73 Å². The highest BCUT2D eigenvalue weighted by atomic mass is 16.5. The molecule has 1 aromatic carbocycles. The summed E-state index contributed by atoms with van der Waals surface area (Å²) in [7, 11) is 1.36. The lowest BCUT2D eigenvalue weighted by Crippen LogP contribution is -2.03. The highest BCUT2D eigenvalue weighted by molar-refractivity contribution is 5.89. The smallest absolute Gasteiger partial charge is 0.337 e. The van der Waals surface area contributed by atoms with Crippen LogP contribution in [0.3, 0.4) is 0 Å². The zero-order valence-electron chi connectivity index (χ0n) is 10.9. The summed E-state index contributed by atoms with van der Waals surface area (Å²) in [5.41, 5.74) is 6.88. The predicted molar refractivity (Wildman–Crippen MR) is 68.4 cm³/mol. The lowest BCUT2D eigenvalue weighted by molar-refractivity contribution is 0.0600. The Labute approximate surface area is 98.6 Å². The zero-order valence-corrected chi connectivity index (χ0v) is 10.9. The number of hydrogen-bond acceptors (Lipinski definition) is 3. The molecule has 0 spiro atoms. The Hall–Kier alpha value is -1.35. The van der Waals surface area contributed by atoms with Gasteiger partial charge in [-0.1, -0.05) is 39.8 Å². The van der Waals surface area contributed by atoms with Gasteiger partial charge in [0.25, 0.3) is 0 Å². The van der Waals surface area contributed by atoms with E-state index in [1.165, 1.54) is 7.11 Å². The summed E-state index contributed by atoms with van der Waals surface area (Å²) >= 11 is 0. The average Bonchev–Trinajstić information content (AvgIpc) is 2.42. The minimum Gasteiger partial charge on any atom is -0.465 e. The highest BCUT2D eigenvalue weighted by Gasteiger charge is 2.03. The summed E-state index contributed by atoms with van der Waals surface area (Å²) in [6, 6.07) is 7.08. The van der Waals surface area contributed by atoms with Gasteiger partial charge in [-0.3, -0.25) is 0 Å². The third kappa shape index (κ3) is 6.19. The van der Waals surface area contributed by atoms with E-state index in [2.05, 4.69) is 4.74 Å². The standard InChI is InChI=1S/C9H11NO2.2C2H6/c1-12-9(11)8-4-2-3-7(5-8)6-10;2*1-2/h2-5H,6,10H2,1H3;2*1-2H3. The molecule has 0 aliphatic rings. The molecule has 0 unspecified atom stereocenters. The quantitative estimate of drug-likeness (QED) is 0.787. The topological polar surface area (TPSA) is 52.3 Å². The van der Waals surface area contributed by atoms with E-state index in [0.717, 1.165) is 5.56 Å². The van der Waals surface area contributed by atoms with E-state index in [1.807, 2.05) is 33.8 Å². The number of nitrogens with two attached hydrogens (primary N) is 1. The van der Waals surface area contributed by atoms with Crippen molar-refractivity contribution in [2.75, 3.05) is 7.11 Å². The molecule has 1 rings (SSSR count). The van der Waals surface area contributed by atoms with Gasteiger partial charge >= 0.3 is 5.97 Å². The van der Waals surface area contributed by atoms with Crippen LogP contribution in [0.5, 0.6) is 0 Å². The summed E-state index contributed by atoms with van der Waals surface area (Å²) in [5.74, 6) is -0.328. The van der Waals surface area contributed by atoms with Crippen molar-refractivity contribution in [1.29, 1.82) is 0 Å². The second-order valence-corrected chi connectivity index (χ2v) is 2.40. The van der Waals surface area contributed by atoms with Crippen LogP contribution in [0.1, 0.15) is 43.6 Å². The predicted octanol–water partition coefficient (Wildman–Crippen LogP) is 2.98. The molecule has 1 aromatic rings. The van der Waals surface area contributed by atoms with Crippen molar-refractivity contribution in [2.45, 2.75) is 34.2 Å². The first-order valence-electron chi connectivity index (χ1n) is 5.65. The summed E-state index contributed by atoms with van der Waals surface area (Å²) < 4.78 is 4.56. The van der Waals surface area contributed by atoms with Crippen LogP contribution in [0.25, 0.3) is 0 Å². The van der Waals surface area contributed by atoms with E-state index in [-0.39, 0.29) is 5.97 Å². The fourth-order valence-electron chi connectivity index (χ4n) is 0.943. The fraction of sp³-hybridized carbons (Fsp3) is 0.462. The minimum atomic E-state index is -0.328. The van der Waals surface area contributed by atoms with E-state index < -0.39 is 0 Å². The monoisotopic (exact) mass is 225 g/mol. The Bertz CT molecular complexity index is 285. The van der Waals surface area contributed by atoms with Crippen LogP contribution in [-0.4, -0.2) is 13.1 Å². The van der Waals surface area contributed by atoms with Gasteiger partial charge in [0.2, 0.25) is 0 Å². The molecule has 3 heteroatoms. The summed E-state index contributed by atoms with van der Waals surface area (Å²) in [4.78, 5) is 11.0. The molecule has 0 amide bonds. The molecule has 0 saturated heterocycles. The van der Waals surface area contributed by atoms with Crippen LogP contribution >= 0.6 is 0 Å². The molecule has 0 aromatic heterocycles. The Morgan fingerprint density at radius 2 is 1.81 bits per heavy atom. The molecular formula is C13H23NO2. The molecule has 92 valence electrons. The number of rotatable bonds is 2. The molecule has 3 nitrogen and oxygen atoms in total. The number of benzene rings is 1. The molecule has 2 N–H and O–H groups in total. The maximum absolute atomic E-state index is 11.0. The van der Waals surface area contributed by atoms with E-state index >= 15 is 0 Å². The van der Waals surface area contributed by atoms with Gasteiger partial charge < -0.3 is 10.5 Å². The third-order valence-electron chi connectivity index (χ3n) is 1.58. The summed E-state index contributed by atoms with van der Waals surface area (Å²) in [6.45, 7) is 8.44. The van der Waals surface area contributed by atoms with Crippen molar-refractivity contribution in [2.24, 2.45) is 5.73 Å². The number of methoxy groups -OCH3 is 1. The Balaban J connectivity index is 0. The molecule has 0 saturated carbocycles. The van der Waals surface area contributed by atoms with Crippen LogP contribution in [0.15, 0.2) is 24.3 Å². The summed E-state index contributed by atoms with van der Waals surface area (Å²) in [5, 5.41) is 0. The normalized spacial score (nSPS) is 7.88. The fourth-order valence-corrected chi connectivity index (χ4v) is 0.943. The maximum Gasteiger partial charge on any atom is 0.337 e. The zero-order chi connectivity index (χ0) is 13.0. The van der Waals surface area contributed by atoms with Gasteiger partial charge in [0.1, 0.15) is 0 Å². The first-order valence-corrected chi connectivity index (χ1v) is 5.65. The average molecular weight is 225 g/mol. The minimum absolute atomic E-state index is 0.328. The van der Waals surface area contributed by atoms with Gasteiger partial charge in [0.15, 0.2) is 0 Å². The largest absolute Gasteiger partial charge is 0.465 e. The van der Waals surface area contributed by atoms with Crippen LogP contribution < -0.4 is 5.73 Å². The van der Waals surface area contributed by atoms with Gasteiger partial charge in [0.05, 0.1) is 12.7 Å². The van der Waals surface area contributed by atoms with Crippen molar-refractivity contribution in [1.82, 2.24) is 0 Å². The molecule has 16 heavy (non-hydrogen) atoms. The first-order chi connectivity index (χ1) is 7.77. The SMILES string of the molecule is CC.CC.COC(=O)c1cccc(CN)c1. The van der Waals surface area contributed by atoms with Crippen molar-refractivity contribution in [3.05, 3.63) is 35.4 Å². The van der Waals surface area contributed by atoms with Crippen LogP contribution in [0.4, 0.5) is 0 Å².